The molecule has 1 fully saturated rings. The Bertz CT molecular complexity index is 425. The van der Waals surface area contributed by atoms with Crippen molar-refractivity contribution in [2.75, 3.05) is 6.54 Å². The summed E-state index contributed by atoms with van der Waals surface area (Å²) in [6.07, 6.45) is 6.02. The smallest absolute Gasteiger partial charge is 0.139 e. The highest BCUT2D eigenvalue weighted by atomic mass is 16.5. The fraction of sp³-hybridized carbons (Fsp3) is 0.500. The molecule has 3 nitrogen and oxygen atoms in total. The van der Waals surface area contributed by atoms with E-state index >= 15 is 0 Å². The molecule has 1 atom stereocenters. The average molecular weight is 230 g/mol. The van der Waals surface area contributed by atoms with Gasteiger partial charge in [-0.1, -0.05) is 11.8 Å². The number of nitrogens with one attached hydrogen (secondary N) is 1. The zero-order chi connectivity index (χ0) is 12.1. The maximum atomic E-state index is 5.58. The Balaban J connectivity index is 2.04. The topological polar surface area (TPSA) is 34.1 Å². The summed E-state index contributed by atoms with van der Waals surface area (Å²) < 4.78 is 5.58. The normalized spacial score (nSPS) is 18.9. The third kappa shape index (κ3) is 3.76. The Kier molecular flexibility index (Phi) is 4.00. The maximum absolute atomic E-state index is 5.58. The van der Waals surface area contributed by atoms with E-state index in [2.05, 4.69) is 22.1 Å². The van der Waals surface area contributed by atoms with E-state index in [-0.39, 0.29) is 6.10 Å². The van der Waals surface area contributed by atoms with Crippen molar-refractivity contribution in [2.45, 2.75) is 38.8 Å². The van der Waals surface area contributed by atoms with Crippen molar-refractivity contribution >= 4 is 0 Å². The first kappa shape index (κ1) is 11.9. The molecular formula is C14H18N2O. The molecule has 0 aliphatic carbocycles. The second-order valence-electron chi connectivity index (χ2n) is 4.49. The third-order valence-electron chi connectivity index (χ3n) is 2.54. The third-order valence-corrected chi connectivity index (χ3v) is 2.54. The first-order valence-corrected chi connectivity index (χ1v) is 6.10. The largest absolute Gasteiger partial charge is 0.489 e. The van der Waals surface area contributed by atoms with Crippen LogP contribution in [0.1, 0.15) is 32.3 Å². The van der Waals surface area contributed by atoms with Crippen molar-refractivity contribution in [1.82, 2.24) is 10.3 Å². The van der Waals surface area contributed by atoms with Gasteiger partial charge in [0.15, 0.2) is 0 Å². The van der Waals surface area contributed by atoms with Gasteiger partial charge < -0.3 is 10.1 Å². The summed E-state index contributed by atoms with van der Waals surface area (Å²) in [4.78, 5) is 4.14. The SMILES string of the molecule is CC(C)Oc1cncc(C#C[C@@H]2CCCN2)c1. The minimum Gasteiger partial charge on any atom is -0.489 e. The van der Waals surface area contributed by atoms with Gasteiger partial charge in [-0.3, -0.25) is 4.98 Å². The lowest BCUT2D eigenvalue weighted by molar-refractivity contribution is 0.241. The molecule has 1 aliphatic heterocycles. The van der Waals surface area contributed by atoms with Gasteiger partial charge in [0, 0.05) is 11.8 Å². The average Bonchev–Trinajstić information content (AvgIpc) is 2.79. The maximum Gasteiger partial charge on any atom is 0.139 e. The van der Waals surface area contributed by atoms with Gasteiger partial charge in [-0.05, 0) is 39.3 Å². The van der Waals surface area contributed by atoms with Crippen LogP contribution in [0, 0.1) is 11.8 Å². The number of aromatic nitrogens is 1. The summed E-state index contributed by atoms with van der Waals surface area (Å²) in [6.45, 7) is 5.08. The number of pyridine rings is 1. The van der Waals surface area contributed by atoms with Crippen LogP contribution in [0.3, 0.4) is 0 Å². The summed E-state index contributed by atoms with van der Waals surface area (Å²) >= 11 is 0. The highest BCUT2D eigenvalue weighted by molar-refractivity contribution is 5.37. The predicted octanol–water partition coefficient (Wildman–Crippen LogP) is 1.97. The van der Waals surface area contributed by atoms with E-state index in [9.17, 15) is 0 Å². The van der Waals surface area contributed by atoms with E-state index < -0.39 is 0 Å². The van der Waals surface area contributed by atoms with Crippen molar-refractivity contribution < 1.29 is 4.74 Å². The highest BCUT2D eigenvalue weighted by Gasteiger charge is 2.09. The molecule has 1 N–H and O–H groups in total. The first-order chi connectivity index (χ1) is 8.24. The zero-order valence-electron chi connectivity index (χ0n) is 10.4. The van der Waals surface area contributed by atoms with Crippen molar-refractivity contribution in [1.29, 1.82) is 0 Å². The van der Waals surface area contributed by atoms with Gasteiger partial charge in [-0.25, -0.2) is 0 Å². The van der Waals surface area contributed by atoms with Gasteiger partial charge in [0.2, 0.25) is 0 Å². The number of nitrogens with zero attached hydrogens (tertiary/aromatic N) is 1. The van der Waals surface area contributed by atoms with Crippen LogP contribution in [-0.4, -0.2) is 23.7 Å². The van der Waals surface area contributed by atoms with Gasteiger partial charge >= 0.3 is 0 Å². The molecule has 0 amide bonds. The van der Waals surface area contributed by atoms with Crippen LogP contribution in [0.4, 0.5) is 0 Å². The molecule has 17 heavy (non-hydrogen) atoms. The van der Waals surface area contributed by atoms with Crippen LogP contribution >= 0.6 is 0 Å². The molecule has 2 heterocycles. The summed E-state index contributed by atoms with van der Waals surface area (Å²) in [5, 5.41) is 3.35. The van der Waals surface area contributed by atoms with Gasteiger partial charge in [-0.2, -0.15) is 0 Å². The van der Waals surface area contributed by atoms with Crippen LogP contribution < -0.4 is 10.1 Å². The zero-order valence-corrected chi connectivity index (χ0v) is 10.4. The highest BCUT2D eigenvalue weighted by Crippen LogP contribution is 2.12. The summed E-state index contributed by atoms with van der Waals surface area (Å²) in [6, 6.07) is 2.28. The lowest BCUT2D eigenvalue weighted by atomic mass is 10.2. The van der Waals surface area contributed by atoms with Crippen molar-refractivity contribution in [3.8, 4) is 17.6 Å². The van der Waals surface area contributed by atoms with Crippen LogP contribution in [0.25, 0.3) is 0 Å². The molecule has 1 aromatic rings. The van der Waals surface area contributed by atoms with Gasteiger partial charge in [-0.15, -0.1) is 0 Å². The molecule has 1 saturated heterocycles. The second-order valence-corrected chi connectivity index (χ2v) is 4.49. The van der Waals surface area contributed by atoms with Crippen molar-refractivity contribution in [3.63, 3.8) is 0 Å². The molecule has 0 bridgehead atoms. The molecule has 0 unspecified atom stereocenters. The number of ether oxygens (including phenoxy) is 1. The fourth-order valence-electron chi connectivity index (χ4n) is 1.80. The molecule has 3 heteroatoms. The Hall–Kier alpha value is -1.53. The minimum absolute atomic E-state index is 0.163. The van der Waals surface area contributed by atoms with Crippen LogP contribution in [-0.2, 0) is 0 Å². The standard InChI is InChI=1S/C14H18N2O/c1-11(2)17-14-8-12(9-15-10-14)5-6-13-4-3-7-16-13/h8-11,13,16H,3-4,7H2,1-2H3/t13-/m0/s1. The Morgan fingerprint density at radius 1 is 1.47 bits per heavy atom. The Morgan fingerprint density at radius 3 is 3.06 bits per heavy atom. The number of rotatable bonds is 2. The van der Waals surface area contributed by atoms with E-state index in [1.807, 2.05) is 19.9 Å². The van der Waals surface area contributed by atoms with E-state index in [4.69, 9.17) is 4.74 Å². The van der Waals surface area contributed by atoms with E-state index in [0.29, 0.717) is 6.04 Å². The first-order valence-electron chi connectivity index (χ1n) is 6.10. The summed E-state index contributed by atoms with van der Waals surface area (Å²) in [5.74, 6) is 7.15. The number of hydrogen-bond donors (Lipinski definition) is 1. The summed E-state index contributed by atoms with van der Waals surface area (Å²) in [7, 11) is 0. The monoisotopic (exact) mass is 230 g/mol. The summed E-state index contributed by atoms with van der Waals surface area (Å²) in [5.41, 5.74) is 0.914. The number of hydrogen-bond acceptors (Lipinski definition) is 3. The molecule has 1 aromatic heterocycles. The molecule has 0 radical (unpaired) electrons. The predicted molar refractivity (Wildman–Crippen MR) is 67.9 cm³/mol. The molecular weight excluding hydrogens is 212 g/mol. The van der Waals surface area contributed by atoms with Crippen LogP contribution in [0.5, 0.6) is 5.75 Å². The molecule has 1 aliphatic rings. The van der Waals surface area contributed by atoms with Crippen molar-refractivity contribution in [3.05, 3.63) is 24.0 Å². The fourth-order valence-corrected chi connectivity index (χ4v) is 1.80. The van der Waals surface area contributed by atoms with E-state index in [0.717, 1.165) is 24.3 Å². The molecule has 90 valence electrons. The van der Waals surface area contributed by atoms with Crippen molar-refractivity contribution in [2.24, 2.45) is 0 Å². The van der Waals surface area contributed by atoms with Crippen LogP contribution in [0.15, 0.2) is 18.5 Å². The molecule has 0 aromatic carbocycles. The van der Waals surface area contributed by atoms with E-state index in [1.54, 1.807) is 12.4 Å². The van der Waals surface area contributed by atoms with Crippen LogP contribution in [0.2, 0.25) is 0 Å². The minimum atomic E-state index is 0.163. The molecule has 0 spiro atoms. The van der Waals surface area contributed by atoms with Gasteiger partial charge in [0.25, 0.3) is 0 Å². The lowest BCUT2D eigenvalue weighted by Crippen LogP contribution is -2.18. The van der Waals surface area contributed by atoms with E-state index in [1.165, 1.54) is 6.42 Å². The lowest BCUT2D eigenvalue weighted by Gasteiger charge is -2.08. The Morgan fingerprint density at radius 2 is 2.35 bits per heavy atom. The Labute approximate surface area is 103 Å². The molecule has 0 saturated carbocycles. The second kappa shape index (κ2) is 5.70. The quantitative estimate of drug-likeness (QED) is 0.789. The molecule has 2 rings (SSSR count). The van der Waals surface area contributed by atoms with Gasteiger partial charge in [0.1, 0.15) is 5.75 Å². The van der Waals surface area contributed by atoms with Gasteiger partial charge in [0.05, 0.1) is 18.3 Å².